The molecule has 0 aliphatic carbocycles. The fourth-order valence-electron chi connectivity index (χ4n) is 3.55. The Hall–Kier alpha value is -2.28. The molecular formula is C20H20Cl2N4O2. The highest BCUT2D eigenvalue weighted by Crippen LogP contribution is 2.36. The first-order chi connectivity index (χ1) is 13.5. The second-order valence-electron chi connectivity index (χ2n) is 6.92. The normalized spacial score (nSPS) is 19.3. The Labute approximate surface area is 173 Å². The van der Waals surface area contributed by atoms with E-state index in [9.17, 15) is 9.59 Å². The average Bonchev–Trinajstić information content (AvgIpc) is 2.85. The second kappa shape index (κ2) is 7.99. The molecule has 0 spiro atoms. The molecule has 2 amide bonds. The summed E-state index contributed by atoms with van der Waals surface area (Å²) in [5.74, 6) is -0.172. The van der Waals surface area contributed by atoms with Crippen LogP contribution in [0.15, 0.2) is 36.4 Å². The molecule has 8 heteroatoms. The SMILES string of the molecule is O=C1CC(c2ccc(Cl)cc2Cl)Nc2ccc(C(=O)N3CCNCC3)cc2N1. The number of anilines is 2. The van der Waals surface area contributed by atoms with Crippen LogP contribution in [0.4, 0.5) is 11.4 Å². The van der Waals surface area contributed by atoms with E-state index in [1.54, 1.807) is 24.3 Å². The van der Waals surface area contributed by atoms with Gasteiger partial charge in [0.1, 0.15) is 0 Å². The van der Waals surface area contributed by atoms with Crippen LogP contribution in [0.2, 0.25) is 10.0 Å². The molecule has 2 aromatic rings. The first kappa shape index (κ1) is 19.1. The van der Waals surface area contributed by atoms with Crippen molar-refractivity contribution in [3.05, 3.63) is 57.6 Å². The van der Waals surface area contributed by atoms with Crippen LogP contribution < -0.4 is 16.0 Å². The fourth-order valence-corrected chi connectivity index (χ4v) is 4.09. The molecular weight excluding hydrogens is 399 g/mol. The molecule has 2 aliphatic rings. The van der Waals surface area contributed by atoms with Gasteiger partial charge >= 0.3 is 0 Å². The minimum atomic E-state index is -0.291. The molecule has 0 saturated carbocycles. The standard InChI is InChI=1S/C20H20Cl2N4O2/c21-13-2-3-14(15(22)10-13)17-11-19(27)25-18-9-12(1-4-16(18)24-17)20(28)26-7-5-23-6-8-26/h1-4,9-10,17,23-24H,5-8,11H2,(H,25,27). The van der Waals surface area contributed by atoms with Crippen molar-refractivity contribution in [2.24, 2.45) is 0 Å². The van der Waals surface area contributed by atoms with Crippen molar-refractivity contribution in [3.63, 3.8) is 0 Å². The molecule has 2 heterocycles. The van der Waals surface area contributed by atoms with E-state index in [0.717, 1.165) is 24.3 Å². The molecule has 1 fully saturated rings. The van der Waals surface area contributed by atoms with Gasteiger partial charge in [-0.1, -0.05) is 29.3 Å². The van der Waals surface area contributed by atoms with E-state index >= 15 is 0 Å². The molecule has 146 valence electrons. The van der Waals surface area contributed by atoms with Crippen LogP contribution in [0, 0.1) is 0 Å². The molecule has 6 nitrogen and oxygen atoms in total. The van der Waals surface area contributed by atoms with Gasteiger partial charge in [-0.05, 0) is 35.9 Å². The van der Waals surface area contributed by atoms with Crippen molar-refractivity contribution in [1.82, 2.24) is 10.2 Å². The van der Waals surface area contributed by atoms with Crippen LogP contribution in [-0.4, -0.2) is 42.9 Å². The van der Waals surface area contributed by atoms with E-state index in [4.69, 9.17) is 23.2 Å². The van der Waals surface area contributed by atoms with Crippen LogP contribution in [0.5, 0.6) is 0 Å². The molecule has 0 aromatic heterocycles. The van der Waals surface area contributed by atoms with Gasteiger partial charge in [0, 0.05) is 41.8 Å². The number of carbonyl (C=O) groups is 2. The lowest BCUT2D eigenvalue weighted by Gasteiger charge is -2.27. The van der Waals surface area contributed by atoms with Gasteiger partial charge in [0.25, 0.3) is 5.91 Å². The maximum atomic E-state index is 12.8. The lowest BCUT2D eigenvalue weighted by atomic mass is 10.0. The smallest absolute Gasteiger partial charge is 0.254 e. The average molecular weight is 419 g/mol. The molecule has 1 atom stereocenters. The van der Waals surface area contributed by atoms with Gasteiger partial charge in [-0.3, -0.25) is 9.59 Å². The molecule has 1 saturated heterocycles. The summed E-state index contributed by atoms with van der Waals surface area (Å²) in [7, 11) is 0. The van der Waals surface area contributed by atoms with E-state index in [1.165, 1.54) is 0 Å². The zero-order chi connectivity index (χ0) is 19.7. The number of nitrogens with one attached hydrogen (secondary N) is 3. The third-order valence-electron chi connectivity index (χ3n) is 5.00. The third kappa shape index (κ3) is 3.94. The number of fused-ring (bicyclic) bond motifs is 1. The number of hydrogen-bond acceptors (Lipinski definition) is 4. The number of benzene rings is 2. The van der Waals surface area contributed by atoms with E-state index in [-0.39, 0.29) is 24.3 Å². The highest BCUT2D eigenvalue weighted by atomic mass is 35.5. The quantitative estimate of drug-likeness (QED) is 0.697. The van der Waals surface area contributed by atoms with Gasteiger partial charge in [0.2, 0.25) is 5.91 Å². The Morgan fingerprint density at radius 2 is 1.82 bits per heavy atom. The van der Waals surface area contributed by atoms with Gasteiger partial charge in [-0.15, -0.1) is 0 Å². The summed E-state index contributed by atoms with van der Waals surface area (Å²) in [5.41, 5.74) is 2.71. The van der Waals surface area contributed by atoms with Gasteiger partial charge in [0.15, 0.2) is 0 Å². The highest BCUT2D eigenvalue weighted by Gasteiger charge is 2.25. The summed E-state index contributed by atoms with van der Waals surface area (Å²) in [6, 6.07) is 10.3. The first-order valence-electron chi connectivity index (χ1n) is 9.16. The number of rotatable bonds is 2. The summed E-state index contributed by atoms with van der Waals surface area (Å²) in [5, 5.41) is 10.5. The Balaban J connectivity index is 1.61. The molecule has 2 aromatic carbocycles. The fraction of sp³-hybridized carbons (Fsp3) is 0.300. The van der Waals surface area contributed by atoms with Gasteiger partial charge in [-0.25, -0.2) is 0 Å². The van der Waals surface area contributed by atoms with E-state index in [2.05, 4.69) is 16.0 Å². The Bertz CT molecular complexity index is 928. The van der Waals surface area contributed by atoms with Gasteiger partial charge in [0.05, 0.1) is 23.8 Å². The number of amides is 2. The maximum absolute atomic E-state index is 12.8. The van der Waals surface area contributed by atoms with Crippen LogP contribution >= 0.6 is 23.2 Å². The summed E-state index contributed by atoms with van der Waals surface area (Å²) in [6.07, 6.45) is 0.219. The largest absolute Gasteiger partial charge is 0.376 e. The number of nitrogens with zero attached hydrogens (tertiary/aromatic N) is 1. The van der Waals surface area contributed by atoms with Crippen LogP contribution in [0.3, 0.4) is 0 Å². The molecule has 28 heavy (non-hydrogen) atoms. The Morgan fingerprint density at radius 1 is 1.04 bits per heavy atom. The monoisotopic (exact) mass is 418 g/mol. The van der Waals surface area contributed by atoms with Crippen molar-refractivity contribution in [3.8, 4) is 0 Å². The van der Waals surface area contributed by atoms with E-state index in [1.807, 2.05) is 17.0 Å². The lowest BCUT2D eigenvalue weighted by Crippen LogP contribution is -2.46. The van der Waals surface area contributed by atoms with Crippen molar-refractivity contribution >= 4 is 46.4 Å². The maximum Gasteiger partial charge on any atom is 0.254 e. The number of piperazine rings is 1. The van der Waals surface area contributed by atoms with Gasteiger partial charge < -0.3 is 20.9 Å². The topological polar surface area (TPSA) is 73.5 Å². The Morgan fingerprint density at radius 3 is 2.57 bits per heavy atom. The predicted octanol–water partition coefficient (Wildman–Crippen LogP) is 3.53. The molecule has 4 rings (SSSR count). The molecule has 2 aliphatic heterocycles. The zero-order valence-electron chi connectivity index (χ0n) is 15.1. The first-order valence-corrected chi connectivity index (χ1v) is 9.92. The van der Waals surface area contributed by atoms with Crippen LogP contribution in [0.25, 0.3) is 0 Å². The molecule has 3 N–H and O–H groups in total. The summed E-state index contributed by atoms with van der Waals surface area (Å²) in [4.78, 5) is 27.0. The van der Waals surface area contributed by atoms with E-state index in [0.29, 0.717) is 34.4 Å². The summed E-state index contributed by atoms with van der Waals surface area (Å²) >= 11 is 12.3. The van der Waals surface area contributed by atoms with Crippen LogP contribution in [-0.2, 0) is 4.79 Å². The van der Waals surface area contributed by atoms with Crippen LogP contribution in [0.1, 0.15) is 28.4 Å². The van der Waals surface area contributed by atoms with E-state index < -0.39 is 0 Å². The third-order valence-corrected chi connectivity index (χ3v) is 5.56. The highest BCUT2D eigenvalue weighted by molar-refractivity contribution is 6.35. The number of hydrogen-bond donors (Lipinski definition) is 3. The molecule has 0 bridgehead atoms. The van der Waals surface area contributed by atoms with Crippen molar-refractivity contribution < 1.29 is 9.59 Å². The number of halogens is 2. The van der Waals surface area contributed by atoms with Gasteiger partial charge in [-0.2, -0.15) is 0 Å². The van der Waals surface area contributed by atoms with Crippen molar-refractivity contribution in [2.45, 2.75) is 12.5 Å². The predicted molar refractivity (Wildman–Crippen MR) is 111 cm³/mol. The molecule has 0 radical (unpaired) electrons. The van der Waals surface area contributed by atoms with Crippen molar-refractivity contribution in [1.29, 1.82) is 0 Å². The second-order valence-corrected chi connectivity index (χ2v) is 7.76. The summed E-state index contributed by atoms with van der Waals surface area (Å²) in [6.45, 7) is 2.94. The lowest BCUT2D eigenvalue weighted by molar-refractivity contribution is -0.116. The minimum Gasteiger partial charge on any atom is -0.376 e. The number of carbonyl (C=O) groups excluding carboxylic acids is 2. The zero-order valence-corrected chi connectivity index (χ0v) is 16.6. The Kier molecular flexibility index (Phi) is 5.44. The molecule has 1 unspecified atom stereocenters. The van der Waals surface area contributed by atoms with Crippen molar-refractivity contribution in [2.75, 3.05) is 36.8 Å². The minimum absolute atomic E-state index is 0.0277. The summed E-state index contributed by atoms with van der Waals surface area (Å²) < 4.78 is 0.